The number of rotatable bonds is 8. The van der Waals surface area contributed by atoms with Crippen molar-refractivity contribution in [1.29, 1.82) is 0 Å². The monoisotopic (exact) mass is 279 g/mol. The Morgan fingerprint density at radius 1 is 1.35 bits per heavy atom. The van der Waals surface area contributed by atoms with Gasteiger partial charge in [0.25, 0.3) is 5.91 Å². The lowest BCUT2D eigenvalue weighted by Crippen LogP contribution is -2.41. The lowest BCUT2D eigenvalue weighted by Gasteiger charge is -2.13. The van der Waals surface area contributed by atoms with E-state index in [1.807, 2.05) is 0 Å². The summed E-state index contributed by atoms with van der Waals surface area (Å²) < 4.78 is 5.27. The Balaban J connectivity index is 2.66. The molecule has 0 aliphatic carbocycles. The maximum atomic E-state index is 11.8. The number of carbonyl (C=O) groups is 2. The highest BCUT2D eigenvalue weighted by Gasteiger charge is 2.19. The van der Waals surface area contributed by atoms with Gasteiger partial charge in [0.15, 0.2) is 0 Å². The minimum absolute atomic E-state index is 0.0401. The third-order valence-electron chi connectivity index (χ3n) is 2.51. The second kappa shape index (κ2) is 7.96. The lowest BCUT2D eigenvalue weighted by molar-refractivity contribution is -0.139. The molecule has 0 heterocycles. The average molecular weight is 279 g/mol. The van der Waals surface area contributed by atoms with Gasteiger partial charge in [0.05, 0.1) is 0 Å². The smallest absolute Gasteiger partial charge is 0.326 e. The molecule has 108 valence electrons. The Morgan fingerprint density at radius 2 is 2.00 bits per heavy atom. The summed E-state index contributed by atoms with van der Waals surface area (Å²) >= 11 is 0. The molecule has 6 nitrogen and oxygen atoms in total. The molecule has 1 atom stereocenters. The van der Waals surface area contributed by atoms with Crippen molar-refractivity contribution in [2.45, 2.75) is 12.5 Å². The molecular formula is C14H17NO5. The van der Waals surface area contributed by atoms with Crippen LogP contribution in [0.15, 0.2) is 36.9 Å². The third kappa shape index (κ3) is 4.74. The molecule has 0 bridgehead atoms. The second-order valence-electron chi connectivity index (χ2n) is 4.00. The number of ether oxygens (including phenoxy) is 1. The summed E-state index contributed by atoms with van der Waals surface area (Å²) in [6.45, 7) is 3.57. The van der Waals surface area contributed by atoms with Crippen LogP contribution in [0.25, 0.3) is 0 Å². The van der Waals surface area contributed by atoms with Gasteiger partial charge in [-0.3, -0.25) is 4.79 Å². The van der Waals surface area contributed by atoms with E-state index < -0.39 is 17.9 Å². The van der Waals surface area contributed by atoms with Crippen molar-refractivity contribution in [2.24, 2.45) is 0 Å². The van der Waals surface area contributed by atoms with Gasteiger partial charge < -0.3 is 20.3 Å². The molecule has 0 saturated heterocycles. The van der Waals surface area contributed by atoms with Gasteiger partial charge in [0.2, 0.25) is 0 Å². The van der Waals surface area contributed by atoms with Gasteiger partial charge in [-0.2, -0.15) is 0 Å². The van der Waals surface area contributed by atoms with E-state index in [4.69, 9.17) is 14.9 Å². The molecule has 6 heteroatoms. The first-order chi connectivity index (χ1) is 9.58. The van der Waals surface area contributed by atoms with E-state index in [2.05, 4.69) is 11.9 Å². The quantitative estimate of drug-likeness (QED) is 0.612. The topological polar surface area (TPSA) is 95.9 Å². The molecule has 0 aliphatic heterocycles. The fraction of sp³-hybridized carbons (Fsp3) is 0.286. The molecule has 0 radical (unpaired) electrons. The van der Waals surface area contributed by atoms with Gasteiger partial charge in [-0.1, -0.05) is 12.7 Å². The van der Waals surface area contributed by atoms with Gasteiger partial charge in [-0.15, -0.1) is 0 Å². The minimum Gasteiger partial charge on any atom is -0.490 e. The first-order valence-electron chi connectivity index (χ1n) is 6.06. The molecular weight excluding hydrogens is 262 g/mol. The number of aliphatic hydroxyl groups is 1. The lowest BCUT2D eigenvalue weighted by atomic mass is 10.1. The van der Waals surface area contributed by atoms with Gasteiger partial charge >= 0.3 is 5.97 Å². The molecule has 1 aromatic carbocycles. The van der Waals surface area contributed by atoms with E-state index in [1.165, 1.54) is 12.1 Å². The van der Waals surface area contributed by atoms with Crippen LogP contribution in [-0.4, -0.2) is 41.3 Å². The Morgan fingerprint density at radius 3 is 2.50 bits per heavy atom. The van der Waals surface area contributed by atoms with Crippen LogP contribution in [0.4, 0.5) is 0 Å². The predicted molar refractivity (Wildman–Crippen MR) is 72.7 cm³/mol. The van der Waals surface area contributed by atoms with Crippen molar-refractivity contribution in [3.63, 3.8) is 0 Å². The molecule has 1 aromatic rings. The molecule has 0 spiro atoms. The molecule has 3 N–H and O–H groups in total. The fourth-order valence-corrected chi connectivity index (χ4v) is 1.49. The molecule has 0 saturated carbocycles. The van der Waals surface area contributed by atoms with E-state index in [0.29, 0.717) is 17.9 Å². The molecule has 1 amide bonds. The van der Waals surface area contributed by atoms with Crippen molar-refractivity contribution < 1.29 is 24.5 Å². The van der Waals surface area contributed by atoms with Gasteiger partial charge in [-0.05, 0) is 24.3 Å². The summed E-state index contributed by atoms with van der Waals surface area (Å²) in [7, 11) is 0. The largest absolute Gasteiger partial charge is 0.490 e. The number of hydrogen-bond donors (Lipinski definition) is 3. The Hall–Kier alpha value is -2.34. The Kier molecular flexibility index (Phi) is 6.25. The van der Waals surface area contributed by atoms with Crippen LogP contribution in [0, 0.1) is 0 Å². The zero-order valence-electron chi connectivity index (χ0n) is 10.9. The number of benzene rings is 1. The highest BCUT2D eigenvalue weighted by atomic mass is 16.5. The first-order valence-corrected chi connectivity index (χ1v) is 6.06. The van der Waals surface area contributed by atoms with Gasteiger partial charge in [0, 0.05) is 18.6 Å². The summed E-state index contributed by atoms with van der Waals surface area (Å²) in [4.78, 5) is 22.7. The number of aliphatic carboxylic acids is 1. The third-order valence-corrected chi connectivity index (χ3v) is 2.51. The Bertz CT molecular complexity index is 469. The van der Waals surface area contributed by atoms with E-state index in [0.717, 1.165) is 0 Å². The van der Waals surface area contributed by atoms with E-state index in [9.17, 15) is 9.59 Å². The van der Waals surface area contributed by atoms with Crippen LogP contribution >= 0.6 is 0 Å². The standard InChI is InChI=1S/C14H17NO5/c1-2-9-20-11-5-3-10(4-6-11)13(17)15-12(7-8-16)14(18)19/h2-6,12,16H,1,7-9H2,(H,15,17)(H,18,19)/t12-/m1/s1. The normalized spacial score (nSPS) is 11.4. The van der Waals surface area contributed by atoms with Crippen LogP contribution in [0.3, 0.4) is 0 Å². The summed E-state index contributed by atoms with van der Waals surface area (Å²) in [6.07, 6.45) is 1.56. The van der Waals surface area contributed by atoms with Crippen LogP contribution in [0.1, 0.15) is 16.8 Å². The zero-order valence-corrected chi connectivity index (χ0v) is 10.9. The average Bonchev–Trinajstić information content (AvgIpc) is 2.45. The van der Waals surface area contributed by atoms with Crippen molar-refractivity contribution in [1.82, 2.24) is 5.32 Å². The summed E-state index contributed by atoms with van der Waals surface area (Å²) in [5.74, 6) is -1.11. The van der Waals surface area contributed by atoms with Crippen LogP contribution in [0.2, 0.25) is 0 Å². The molecule has 20 heavy (non-hydrogen) atoms. The molecule has 0 aromatic heterocycles. The molecule has 0 aliphatic rings. The zero-order chi connectivity index (χ0) is 15.0. The highest BCUT2D eigenvalue weighted by Crippen LogP contribution is 2.12. The molecule has 0 fully saturated rings. The first kappa shape index (κ1) is 15.7. The van der Waals surface area contributed by atoms with Gasteiger partial charge in [-0.25, -0.2) is 4.79 Å². The number of aliphatic hydroxyl groups excluding tert-OH is 1. The number of carboxylic acids is 1. The number of amides is 1. The molecule has 0 unspecified atom stereocenters. The maximum Gasteiger partial charge on any atom is 0.326 e. The second-order valence-corrected chi connectivity index (χ2v) is 4.00. The summed E-state index contributed by atoms with van der Waals surface area (Å²) in [5, 5.41) is 20.0. The maximum absolute atomic E-state index is 11.8. The van der Waals surface area contributed by atoms with E-state index in [-0.39, 0.29) is 13.0 Å². The SMILES string of the molecule is C=CCOc1ccc(C(=O)N[C@H](CCO)C(=O)O)cc1. The van der Waals surface area contributed by atoms with Crippen molar-refractivity contribution in [2.75, 3.05) is 13.2 Å². The Labute approximate surface area is 116 Å². The minimum atomic E-state index is -1.18. The van der Waals surface area contributed by atoms with Crippen LogP contribution < -0.4 is 10.1 Å². The van der Waals surface area contributed by atoms with Crippen molar-refractivity contribution in [3.05, 3.63) is 42.5 Å². The number of carbonyl (C=O) groups excluding carboxylic acids is 1. The van der Waals surface area contributed by atoms with Crippen molar-refractivity contribution in [3.8, 4) is 5.75 Å². The fourth-order valence-electron chi connectivity index (χ4n) is 1.49. The molecule has 1 rings (SSSR count). The highest BCUT2D eigenvalue weighted by molar-refractivity contribution is 5.96. The number of nitrogens with one attached hydrogen (secondary N) is 1. The number of carboxylic acid groups (broad SMARTS) is 1. The van der Waals surface area contributed by atoms with E-state index in [1.54, 1.807) is 18.2 Å². The van der Waals surface area contributed by atoms with Gasteiger partial charge in [0.1, 0.15) is 18.4 Å². The number of hydrogen-bond acceptors (Lipinski definition) is 4. The van der Waals surface area contributed by atoms with Crippen LogP contribution in [0.5, 0.6) is 5.75 Å². The van der Waals surface area contributed by atoms with Crippen molar-refractivity contribution >= 4 is 11.9 Å². The predicted octanol–water partition coefficient (Wildman–Crippen LogP) is 0.817. The van der Waals surface area contributed by atoms with E-state index >= 15 is 0 Å². The van der Waals surface area contributed by atoms with Crippen LogP contribution in [-0.2, 0) is 4.79 Å². The summed E-state index contributed by atoms with van der Waals surface area (Å²) in [5.41, 5.74) is 0.320. The summed E-state index contributed by atoms with van der Waals surface area (Å²) in [6, 6.07) is 5.18.